The van der Waals surface area contributed by atoms with Gasteiger partial charge >= 0.3 is 5.97 Å². The highest BCUT2D eigenvalue weighted by atomic mass is 127. The average molecular weight is 329 g/mol. The first-order valence-corrected chi connectivity index (χ1v) is 5.49. The third-order valence-corrected chi connectivity index (χ3v) is 2.61. The first-order valence-electron chi connectivity index (χ1n) is 4.41. The highest BCUT2D eigenvalue weighted by Crippen LogP contribution is 2.18. The molecule has 1 aromatic carbocycles. The first-order chi connectivity index (χ1) is 7.58. The van der Waals surface area contributed by atoms with E-state index >= 15 is 0 Å². The molecule has 0 fully saturated rings. The largest absolute Gasteiger partial charge is 0.478 e. The number of nitrogens with zero attached hydrogens (tertiary/aromatic N) is 2. The van der Waals surface area contributed by atoms with Crippen molar-refractivity contribution < 1.29 is 9.90 Å². The Kier molecular flexibility index (Phi) is 2.82. The van der Waals surface area contributed by atoms with Gasteiger partial charge in [0.25, 0.3) is 0 Å². The number of nitrogen functional groups attached to an aromatic ring is 1. The van der Waals surface area contributed by atoms with Crippen LogP contribution in [-0.2, 0) is 0 Å². The van der Waals surface area contributed by atoms with Gasteiger partial charge in [0.05, 0.1) is 21.0 Å². The van der Waals surface area contributed by atoms with Crippen LogP contribution in [0.1, 0.15) is 10.4 Å². The van der Waals surface area contributed by atoms with Crippen molar-refractivity contribution >= 4 is 34.2 Å². The van der Waals surface area contributed by atoms with Gasteiger partial charge in [-0.25, -0.2) is 9.48 Å². The molecule has 1 aromatic heterocycles. The quantitative estimate of drug-likeness (QED) is 0.650. The molecule has 0 atom stereocenters. The molecule has 0 saturated heterocycles. The molecule has 1 heterocycles. The molecule has 0 unspecified atom stereocenters. The Bertz CT molecular complexity index is 551. The van der Waals surface area contributed by atoms with Crippen molar-refractivity contribution in [2.45, 2.75) is 0 Å². The first kappa shape index (κ1) is 10.9. The topological polar surface area (TPSA) is 81.1 Å². The number of anilines is 1. The molecule has 5 nitrogen and oxygen atoms in total. The zero-order chi connectivity index (χ0) is 11.7. The second kappa shape index (κ2) is 4.12. The highest BCUT2D eigenvalue weighted by Gasteiger charge is 2.12. The van der Waals surface area contributed by atoms with Crippen LogP contribution in [0.3, 0.4) is 0 Å². The zero-order valence-corrected chi connectivity index (χ0v) is 10.2. The summed E-state index contributed by atoms with van der Waals surface area (Å²) >= 11 is 2.11. The summed E-state index contributed by atoms with van der Waals surface area (Å²) in [4.78, 5) is 11.1. The van der Waals surface area contributed by atoms with E-state index in [1.54, 1.807) is 24.5 Å². The number of nitrogens with two attached hydrogens (primary N) is 1. The lowest BCUT2D eigenvalue weighted by Crippen LogP contribution is -2.06. The minimum atomic E-state index is -1.02. The van der Waals surface area contributed by atoms with Crippen molar-refractivity contribution in [2.24, 2.45) is 0 Å². The molecule has 0 aliphatic carbocycles. The van der Waals surface area contributed by atoms with Crippen LogP contribution in [0.25, 0.3) is 5.69 Å². The van der Waals surface area contributed by atoms with Crippen molar-refractivity contribution in [3.05, 3.63) is 39.7 Å². The predicted octanol–water partition coefficient (Wildman–Crippen LogP) is 1.76. The molecule has 0 bridgehead atoms. The minimum Gasteiger partial charge on any atom is -0.478 e. The van der Waals surface area contributed by atoms with Gasteiger partial charge in [0, 0.05) is 11.9 Å². The Morgan fingerprint density at radius 2 is 2.25 bits per heavy atom. The van der Waals surface area contributed by atoms with E-state index in [-0.39, 0.29) is 5.56 Å². The van der Waals surface area contributed by atoms with E-state index in [9.17, 15) is 4.79 Å². The van der Waals surface area contributed by atoms with Crippen LogP contribution in [0.5, 0.6) is 0 Å². The van der Waals surface area contributed by atoms with Gasteiger partial charge in [-0.05, 0) is 40.8 Å². The van der Waals surface area contributed by atoms with E-state index < -0.39 is 5.97 Å². The van der Waals surface area contributed by atoms with Gasteiger partial charge in [0.15, 0.2) is 0 Å². The summed E-state index contributed by atoms with van der Waals surface area (Å²) in [6.07, 6.45) is 3.40. The Labute approximate surface area is 105 Å². The number of hydrogen-bond donors (Lipinski definition) is 2. The molecular weight excluding hydrogens is 321 g/mol. The van der Waals surface area contributed by atoms with Crippen LogP contribution < -0.4 is 5.73 Å². The molecule has 3 N–H and O–H groups in total. The molecule has 2 aromatic rings. The lowest BCUT2D eigenvalue weighted by atomic mass is 10.1. The van der Waals surface area contributed by atoms with Gasteiger partial charge < -0.3 is 10.8 Å². The number of carboxylic acids is 1. The van der Waals surface area contributed by atoms with Crippen molar-refractivity contribution in [3.8, 4) is 5.69 Å². The van der Waals surface area contributed by atoms with Crippen molar-refractivity contribution in [3.63, 3.8) is 0 Å². The fourth-order valence-corrected chi connectivity index (χ4v) is 1.75. The van der Waals surface area contributed by atoms with Crippen LogP contribution in [0.2, 0.25) is 0 Å². The van der Waals surface area contributed by atoms with E-state index in [0.29, 0.717) is 11.4 Å². The van der Waals surface area contributed by atoms with Gasteiger partial charge in [-0.2, -0.15) is 5.10 Å². The maximum atomic E-state index is 11.1. The monoisotopic (exact) mass is 329 g/mol. The molecular formula is C10H8IN3O2. The second-order valence-electron chi connectivity index (χ2n) is 3.18. The van der Waals surface area contributed by atoms with E-state index in [1.165, 1.54) is 10.7 Å². The van der Waals surface area contributed by atoms with E-state index in [2.05, 4.69) is 27.7 Å². The average Bonchev–Trinajstić information content (AvgIpc) is 2.64. The summed E-state index contributed by atoms with van der Waals surface area (Å²) < 4.78 is 2.45. The molecule has 0 aliphatic heterocycles. The Balaban J connectivity index is 2.60. The van der Waals surface area contributed by atoms with Crippen LogP contribution >= 0.6 is 22.6 Å². The van der Waals surface area contributed by atoms with Crippen molar-refractivity contribution in [2.75, 3.05) is 5.73 Å². The van der Waals surface area contributed by atoms with Gasteiger partial charge in [0.2, 0.25) is 0 Å². The van der Waals surface area contributed by atoms with Crippen molar-refractivity contribution in [1.29, 1.82) is 0 Å². The fraction of sp³-hybridized carbons (Fsp3) is 0. The maximum absolute atomic E-state index is 11.1. The lowest BCUT2D eigenvalue weighted by molar-refractivity contribution is 0.0697. The number of rotatable bonds is 2. The summed E-state index contributed by atoms with van der Waals surface area (Å²) in [5.74, 6) is -1.02. The summed E-state index contributed by atoms with van der Waals surface area (Å²) in [7, 11) is 0. The number of aromatic carboxylic acids is 1. The van der Waals surface area contributed by atoms with Crippen LogP contribution in [-0.4, -0.2) is 20.9 Å². The number of carboxylic acid groups (broad SMARTS) is 1. The molecule has 2 rings (SSSR count). The number of aromatic nitrogens is 2. The van der Waals surface area contributed by atoms with E-state index in [0.717, 1.165) is 3.57 Å². The minimum absolute atomic E-state index is 0.138. The second-order valence-corrected chi connectivity index (χ2v) is 4.43. The third-order valence-electron chi connectivity index (χ3n) is 2.05. The normalized spacial score (nSPS) is 10.3. The fourth-order valence-electron chi connectivity index (χ4n) is 1.36. The van der Waals surface area contributed by atoms with Crippen molar-refractivity contribution in [1.82, 2.24) is 9.78 Å². The number of hydrogen-bond acceptors (Lipinski definition) is 3. The molecule has 6 heteroatoms. The smallest absolute Gasteiger partial charge is 0.337 e. The standard InChI is InChI=1S/C10H8IN3O2/c11-6-4-13-14(5-6)9-2-1-7(12)3-8(9)10(15)16/h1-5H,12H2,(H,15,16). The third kappa shape index (κ3) is 2.01. The Morgan fingerprint density at radius 3 is 2.81 bits per heavy atom. The molecule has 0 saturated carbocycles. The molecule has 0 radical (unpaired) electrons. The van der Waals surface area contributed by atoms with Gasteiger partial charge in [-0.1, -0.05) is 0 Å². The molecule has 0 amide bonds. The molecule has 0 spiro atoms. The van der Waals surface area contributed by atoms with Gasteiger partial charge in [-0.3, -0.25) is 0 Å². The number of halogens is 1. The van der Waals surface area contributed by atoms with E-state index in [4.69, 9.17) is 10.8 Å². The number of carbonyl (C=O) groups is 1. The van der Waals surface area contributed by atoms with E-state index in [1.807, 2.05) is 0 Å². The number of benzene rings is 1. The Morgan fingerprint density at radius 1 is 1.50 bits per heavy atom. The van der Waals surface area contributed by atoms with Crippen LogP contribution in [0.4, 0.5) is 5.69 Å². The summed E-state index contributed by atoms with van der Waals surface area (Å²) in [5, 5.41) is 13.1. The highest BCUT2D eigenvalue weighted by molar-refractivity contribution is 14.1. The molecule has 0 aliphatic rings. The SMILES string of the molecule is Nc1ccc(-n2cc(I)cn2)c(C(=O)O)c1. The summed E-state index contributed by atoms with van der Waals surface area (Å²) in [6.45, 7) is 0. The van der Waals surface area contributed by atoms with Gasteiger partial charge in [0.1, 0.15) is 0 Å². The summed E-state index contributed by atoms with van der Waals surface area (Å²) in [6, 6.07) is 4.71. The van der Waals surface area contributed by atoms with Crippen LogP contribution in [0.15, 0.2) is 30.6 Å². The summed E-state index contributed by atoms with van der Waals surface area (Å²) in [5.41, 5.74) is 6.62. The lowest BCUT2D eigenvalue weighted by Gasteiger charge is -2.06. The molecule has 16 heavy (non-hydrogen) atoms. The predicted molar refractivity (Wildman–Crippen MR) is 67.7 cm³/mol. The Hall–Kier alpha value is -1.57. The molecule has 82 valence electrons. The van der Waals surface area contributed by atoms with Crippen LogP contribution in [0, 0.1) is 3.57 Å². The maximum Gasteiger partial charge on any atom is 0.337 e. The van der Waals surface area contributed by atoms with Gasteiger partial charge in [-0.15, -0.1) is 0 Å². The zero-order valence-electron chi connectivity index (χ0n) is 8.09.